The van der Waals surface area contributed by atoms with Gasteiger partial charge in [-0.25, -0.2) is 14.5 Å². The predicted octanol–water partition coefficient (Wildman–Crippen LogP) is 4.74. The number of aromatic nitrogens is 4. The van der Waals surface area contributed by atoms with Crippen molar-refractivity contribution in [2.45, 2.75) is 44.6 Å². The highest BCUT2D eigenvalue weighted by Crippen LogP contribution is 2.30. The van der Waals surface area contributed by atoms with E-state index in [2.05, 4.69) is 32.0 Å². The van der Waals surface area contributed by atoms with E-state index in [-0.39, 0.29) is 5.56 Å². The number of fused-ring (bicyclic) bond motifs is 1. The molecule has 214 valence electrons. The van der Waals surface area contributed by atoms with E-state index in [0.717, 1.165) is 79.1 Å². The Kier molecular flexibility index (Phi) is 7.23. The summed E-state index contributed by atoms with van der Waals surface area (Å²) in [7, 11) is 0. The van der Waals surface area contributed by atoms with Crippen LogP contribution in [0.25, 0.3) is 22.2 Å². The average molecular weight is 563 g/mol. The first-order valence-corrected chi connectivity index (χ1v) is 14.7. The summed E-state index contributed by atoms with van der Waals surface area (Å²) in [5.41, 5.74) is 5.72. The van der Waals surface area contributed by atoms with Gasteiger partial charge in [0.2, 0.25) is 5.95 Å². The summed E-state index contributed by atoms with van der Waals surface area (Å²) >= 11 is 0. The Bertz CT molecular complexity index is 1730. The Balaban J connectivity index is 1.22. The van der Waals surface area contributed by atoms with E-state index in [4.69, 9.17) is 14.7 Å². The second-order valence-electron chi connectivity index (χ2n) is 11.2. The third-order valence-corrected chi connectivity index (χ3v) is 8.26. The summed E-state index contributed by atoms with van der Waals surface area (Å²) in [6.45, 7) is 5.59. The van der Waals surface area contributed by atoms with Gasteiger partial charge in [0.25, 0.3) is 5.56 Å². The number of pyridine rings is 2. The molecule has 0 saturated carbocycles. The Morgan fingerprint density at radius 2 is 1.83 bits per heavy atom. The molecule has 0 radical (unpaired) electrons. The van der Waals surface area contributed by atoms with Crippen LogP contribution in [0.15, 0.2) is 70.9 Å². The Morgan fingerprint density at radius 3 is 2.57 bits per heavy atom. The van der Waals surface area contributed by atoms with Gasteiger partial charge >= 0.3 is 0 Å². The van der Waals surface area contributed by atoms with Gasteiger partial charge in [0.15, 0.2) is 5.65 Å². The fourth-order valence-electron chi connectivity index (χ4n) is 5.96. The van der Waals surface area contributed by atoms with Crippen molar-refractivity contribution in [3.63, 3.8) is 0 Å². The molecule has 0 aliphatic carbocycles. The van der Waals surface area contributed by atoms with Gasteiger partial charge in [-0.05, 0) is 74.7 Å². The molecule has 2 saturated heterocycles. The summed E-state index contributed by atoms with van der Waals surface area (Å²) in [6.07, 6.45) is 10.9. The van der Waals surface area contributed by atoms with E-state index < -0.39 is 0 Å². The Morgan fingerprint density at radius 1 is 1.00 bits per heavy atom. The van der Waals surface area contributed by atoms with Crippen molar-refractivity contribution >= 4 is 34.2 Å². The lowest BCUT2D eigenvalue weighted by Gasteiger charge is -2.22. The topological polar surface area (TPSA) is 118 Å². The van der Waals surface area contributed by atoms with Gasteiger partial charge in [-0.2, -0.15) is 4.98 Å². The minimum Gasteiger partial charge on any atom is -0.381 e. The molecule has 2 fully saturated rings. The van der Waals surface area contributed by atoms with Gasteiger partial charge in [0.05, 0.1) is 5.56 Å². The van der Waals surface area contributed by atoms with Crippen LogP contribution in [0.4, 0.5) is 17.3 Å². The number of benzene rings is 1. The molecule has 6 heterocycles. The largest absolute Gasteiger partial charge is 0.381 e. The van der Waals surface area contributed by atoms with E-state index in [1.165, 1.54) is 0 Å². The standard InChI is InChI=1S/C32H34N8O2/c1-20-15-28(21-9-13-42-14-10-21)35-19-27(20)26-16-22-17-36-32(39-30(22)40(31(26)41)29-3-2-11-34-29)38-24-6-4-23(5-7-24)37-25-8-12-33-18-25/h2,4-7,11,15-17,19,21,25,33,37H,3,8-10,12-14,18H2,1H3,(H,36,38,39). The number of anilines is 3. The van der Waals surface area contributed by atoms with Crippen LogP contribution < -0.4 is 21.5 Å². The number of allylic oxidation sites excluding steroid dienone is 1. The van der Waals surface area contributed by atoms with Gasteiger partial charge in [-0.1, -0.05) is 6.08 Å². The molecule has 0 amide bonds. The van der Waals surface area contributed by atoms with Crippen molar-refractivity contribution in [2.75, 3.05) is 36.9 Å². The lowest BCUT2D eigenvalue weighted by Crippen LogP contribution is -2.29. The molecule has 0 spiro atoms. The molecule has 1 aromatic carbocycles. The molecule has 3 aromatic heterocycles. The quantitative estimate of drug-likeness (QED) is 0.309. The minimum absolute atomic E-state index is 0.171. The van der Waals surface area contributed by atoms with Crippen LogP contribution in [0, 0.1) is 6.92 Å². The zero-order chi connectivity index (χ0) is 28.5. The van der Waals surface area contributed by atoms with Gasteiger partial charge in [0, 0.05) is 84.8 Å². The maximum Gasteiger partial charge on any atom is 0.265 e. The lowest BCUT2D eigenvalue weighted by molar-refractivity contribution is 0.0845. The van der Waals surface area contributed by atoms with Crippen molar-refractivity contribution in [3.05, 3.63) is 82.7 Å². The lowest BCUT2D eigenvalue weighted by atomic mass is 9.93. The van der Waals surface area contributed by atoms with Crippen molar-refractivity contribution < 1.29 is 4.74 Å². The van der Waals surface area contributed by atoms with E-state index in [0.29, 0.717) is 41.4 Å². The molecular formula is C32H34N8O2. The van der Waals surface area contributed by atoms with Crippen molar-refractivity contribution in [1.29, 1.82) is 0 Å². The smallest absolute Gasteiger partial charge is 0.265 e. The van der Waals surface area contributed by atoms with Crippen LogP contribution in [0.5, 0.6) is 0 Å². The number of aryl methyl sites for hydroxylation is 1. The molecule has 3 aliphatic rings. The zero-order valence-electron chi connectivity index (χ0n) is 23.6. The van der Waals surface area contributed by atoms with Gasteiger partial charge < -0.3 is 20.7 Å². The number of aliphatic imine (C=N–C) groups is 1. The molecule has 1 atom stereocenters. The number of hydrogen-bond acceptors (Lipinski definition) is 9. The molecule has 42 heavy (non-hydrogen) atoms. The number of hydrogen-bond donors (Lipinski definition) is 3. The minimum atomic E-state index is -0.171. The average Bonchev–Trinajstić information content (AvgIpc) is 3.74. The van der Waals surface area contributed by atoms with E-state index in [1.807, 2.05) is 49.5 Å². The van der Waals surface area contributed by atoms with Crippen LogP contribution in [-0.2, 0) is 4.74 Å². The molecule has 1 unspecified atom stereocenters. The summed E-state index contributed by atoms with van der Waals surface area (Å²) in [6, 6.07) is 12.5. The van der Waals surface area contributed by atoms with Crippen molar-refractivity contribution in [2.24, 2.45) is 4.99 Å². The number of rotatable bonds is 6. The van der Waals surface area contributed by atoms with Crippen molar-refractivity contribution in [3.8, 4) is 11.1 Å². The summed E-state index contributed by atoms with van der Waals surface area (Å²) in [5, 5.41) is 11.0. The zero-order valence-corrected chi connectivity index (χ0v) is 23.6. The molecule has 3 N–H and O–H groups in total. The maximum absolute atomic E-state index is 14.1. The fraction of sp³-hybridized carbons (Fsp3) is 0.344. The second kappa shape index (κ2) is 11.5. The normalized spacial score (nSPS) is 18.9. The molecular weight excluding hydrogens is 528 g/mol. The molecule has 3 aliphatic heterocycles. The maximum atomic E-state index is 14.1. The predicted molar refractivity (Wildman–Crippen MR) is 166 cm³/mol. The summed E-state index contributed by atoms with van der Waals surface area (Å²) in [5.74, 6) is 1.43. The Hall–Kier alpha value is -4.41. The highest BCUT2D eigenvalue weighted by atomic mass is 16.5. The molecule has 10 heteroatoms. The SMILES string of the molecule is Cc1cc(C2CCOCC2)ncc1-c1cc2cnc(Nc3ccc(NC4CCNC4)cc3)nc2n(C2=NC=CC2)c1=O. The van der Waals surface area contributed by atoms with Gasteiger partial charge in [0.1, 0.15) is 5.84 Å². The van der Waals surface area contributed by atoms with Crippen LogP contribution in [0.3, 0.4) is 0 Å². The highest BCUT2D eigenvalue weighted by molar-refractivity contribution is 5.96. The molecule has 0 bridgehead atoms. The third-order valence-electron chi connectivity index (χ3n) is 8.26. The number of nitrogens with one attached hydrogen (secondary N) is 3. The highest BCUT2D eigenvalue weighted by Gasteiger charge is 2.22. The van der Waals surface area contributed by atoms with E-state index >= 15 is 0 Å². The number of nitrogens with zero attached hydrogens (tertiary/aromatic N) is 5. The summed E-state index contributed by atoms with van der Waals surface area (Å²) < 4.78 is 7.14. The molecule has 10 nitrogen and oxygen atoms in total. The molecule has 4 aromatic rings. The van der Waals surface area contributed by atoms with Crippen molar-refractivity contribution in [1.82, 2.24) is 24.8 Å². The fourth-order valence-corrected chi connectivity index (χ4v) is 5.96. The van der Waals surface area contributed by atoms with E-state index in [1.54, 1.807) is 17.0 Å². The van der Waals surface area contributed by atoms with Gasteiger partial charge in [-0.15, -0.1) is 0 Å². The second-order valence-corrected chi connectivity index (χ2v) is 11.2. The van der Waals surface area contributed by atoms with Crippen LogP contribution >= 0.6 is 0 Å². The van der Waals surface area contributed by atoms with Crippen LogP contribution in [0.2, 0.25) is 0 Å². The van der Waals surface area contributed by atoms with Gasteiger partial charge in [-0.3, -0.25) is 9.78 Å². The molecule has 7 rings (SSSR count). The number of ether oxygens (including phenoxy) is 1. The first-order chi connectivity index (χ1) is 20.6. The third kappa shape index (κ3) is 5.31. The Labute approximate surface area is 244 Å². The van der Waals surface area contributed by atoms with Crippen LogP contribution in [-0.4, -0.2) is 57.7 Å². The first kappa shape index (κ1) is 26.5. The monoisotopic (exact) mass is 562 g/mol. The summed E-state index contributed by atoms with van der Waals surface area (Å²) in [4.78, 5) is 32.7. The first-order valence-electron chi connectivity index (χ1n) is 14.7. The van der Waals surface area contributed by atoms with Crippen LogP contribution in [0.1, 0.15) is 42.9 Å². The van der Waals surface area contributed by atoms with E-state index in [9.17, 15) is 4.79 Å².